The van der Waals surface area contributed by atoms with Gasteiger partial charge in [0.15, 0.2) is 11.5 Å². The summed E-state index contributed by atoms with van der Waals surface area (Å²) in [6, 6.07) is 14.8. The molecule has 8 nitrogen and oxygen atoms in total. The fraction of sp³-hybridized carbons (Fsp3) is 0.200. The Kier molecular flexibility index (Phi) is 6.02. The molecule has 0 radical (unpaired) electrons. The number of carbonyl (C=O) groups is 2. The van der Waals surface area contributed by atoms with Gasteiger partial charge in [-0.05, 0) is 51.1 Å². The summed E-state index contributed by atoms with van der Waals surface area (Å²) < 4.78 is 26.8. The standard InChI is InChI=1S/C25H23FN4O4/c1-25(2,3)34-24(32)29(17-14-16-8-5-6-10-19(16)27-15-17)20-11-7-9-18(26)22(20)30-21(12-13-28-30)23(31)33-4/h5-15H,1-4H3. The second-order valence-corrected chi connectivity index (χ2v) is 8.43. The van der Waals surface area contributed by atoms with Crippen molar-refractivity contribution in [2.75, 3.05) is 12.0 Å². The zero-order valence-corrected chi connectivity index (χ0v) is 19.2. The Morgan fingerprint density at radius 3 is 2.56 bits per heavy atom. The molecule has 2 aromatic carbocycles. The molecule has 174 valence electrons. The number of halogens is 1. The van der Waals surface area contributed by atoms with Gasteiger partial charge in [0.2, 0.25) is 0 Å². The molecule has 4 aromatic rings. The largest absolute Gasteiger partial charge is 0.464 e. The molecule has 0 atom stereocenters. The van der Waals surface area contributed by atoms with Gasteiger partial charge >= 0.3 is 12.1 Å². The van der Waals surface area contributed by atoms with Crippen LogP contribution in [0.25, 0.3) is 16.6 Å². The Balaban J connectivity index is 1.96. The van der Waals surface area contributed by atoms with Crippen LogP contribution < -0.4 is 4.90 Å². The van der Waals surface area contributed by atoms with E-state index >= 15 is 4.39 Å². The first kappa shape index (κ1) is 22.9. The number of nitrogens with zero attached hydrogens (tertiary/aromatic N) is 4. The number of para-hydroxylation sites is 2. The number of ether oxygens (including phenoxy) is 2. The van der Waals surface area contributed by atoms with Crippen molar-refractivity contribution in [3.63, 3.8) is 0 Å². The number of hydrogen-bond acceptors (Lipinski definition) is 6. The SMILES string of the molecule is COC(=O)c1ccnn1-c1c(F)cccc1N(C(=O)OC(C)(C)C)c1cnc2ccccc2c1. The molecule has 0 saturated heterocycles. The normalized spacial score (nSPS) is 11.3. The predicted molar refractivity (Wildman–Crippen MR) is 125 cm³/mol. The smallest absolute Gasteiger partial charge is 0.419 e. The molecule has 0 N–H and O–H groups in total. The molecule has 0 aliphatic rings. The number of carbonyl (C=O) groups excluding carboxylic acids is 2. The molecular formula is C25H23FN4O4. The molecule has 9 heteroatoms. The number of methoxy groups -OCH3 is 1. The summed E-state index contributed by atoms with van der Waals surface area (Å²) in [5, 5.41) is 4.90. The summed E-state index contributed by atoms with van der Waals surface area (Å²) in [7, 11) is 1.22. The van der Waals surface area contributed by atoms with Crippen LogP contribution >= 0.6 is 0 Å². The van der Waals surface area contributed by atoms with Crippen LogP contribution in [-0.4, -0.2) is 39.5 Å². The monoisotopic (exact) mass is 462 g/mol. The van der Waals surface area contributed by atoms with Gasteiger partial charge in [-0.3, -0.25) is 4.98 Å². The maximum Gasteiger partial charge on any atom is 0.419 e. The topological polar surface area (TPSA) is 86.6 Å². The Bertz CT molecular complexity index is 1380. The molecule has 0 aliphatic heterocycles. The van der Waals surface area contributed by atoms with Gasteiger partial charge in [0.1, 0.15) is 11.3 Å². The third kappa shape index (κ3) is 4.45. The third-order valence-corrected chi connectivity index (χ3v) is 4.87. The average molecular weight is 462 g/mol. The van der Waals surface area contributed by atoms with Crippen LogP contribution in [0.4, 0.5) is 20.6 Å². The quantitative estimate of drug-likeness (QED) is 0.377. The second-order valence-electron chi connectivity index (χ2n) is 8.43. The van der Waals surface area contributed by atoms with E-state index in [1.54, 1.807) is 32.9 Å². The highest BCUT2D eigenvalue weighted by molar-refractivity contribution is 6.00. The van der Waals surface area contributed by atoms with Crippen LogP contribution in [0.2, 0.25) is 0 Å². The summed E-state index contributed by atoms with van der Waals surface area (Å²) in [6.07, 6.45) is 2.10. The maximum absolute atomic E-state index is 15.3. The molecule has 34 heavy (non-hydrogen) atoms. The van der Waals surface area contributed by atoms with Crippen molar-refractivity contribution in [2.45, 2.75) is 26.4 Å². The van der Waals surface area contributed by atoms with Crippen LogP contribution in [-0.2, 0) is 9.47 Å². The molecule has 0 spiro atoms. The first-order valence-electron chi connectivity index (χ1n) is 10.5. The van der Waals surface area contributed by atoms with E-state index in [9.17, 15) is 9.59 Å². The van der Waals surface area contributed by atoms with Gasteiger partial charge in [-0.15, -0.1) is 0 Å². The van der Waals surface area contributed by atoms with Crippen LogP contribution in [0.1, 0.15) is 31.3 Å². The summed E-state index contributed by atoms with van der Waals surface area (Å²) in [6.45, 7) is 5.20. The minimum Gasteiger partial charge on any atom is -0.464 e. The number of anilines is 2. The Hall–Kier alpha value is -4.27. The Morgan fingerprint density at radius 1 is 1.06 bits per heavy atom. The molecule has 0 bridgehead atoms. The lowest BCUT2D eigenvalue weighted by molar-refractivity contribution is 0.0586. The summed E-state index contributed by atoms with van der Waals surface area (Å²) in [5.74, 6) is -1.41. The number of rotatable bonds is 4. The van der Waals surface area contributed by atoms with E-state index in [-0.39, 0.29) is 17.1 Å². The molecule has 2 heterocycles. The highest BCUT2D eigenvalue weighted by atomic mass is 19.1. The van der Waals surface area contributed by atoms with Crippen molar-refractivity contribution in [3.8, 4) is 5.69 Å². The molecule has 0 aliphatic carbocycles. The van der Waals surface area contributed by atoms with E-state index < -0.39 is 23.5 Å². The van der Waals surface area contributed by atoms with E-state index in [2.05, 4.69) is 10.1 Å². The van der Waals surface area contributed by atoms with Crippen LogP contribution in [0, 0.1) is 5.82 Å². The van der Waals surface area contributed by atoms with E-state index in [0.29, 0.717) is 5.69 Å². The van der Waals surface area contributed by atoms with Crippen molar-refractivity contribution < 1.29 is 23.5 Å². The van der Waals surface area contributed by atoms with Gasteiger partial charge in [-0.25, -0.2) is 23.6 Å². The number of hydrogen-bond donors (Lipinski definition) is 0. The summed E-state index contributed by atoms with van der Waals surface area (Å²) in [4.78, 5) is 31.4. The number of aromatic nitrogens is 3. The zero-order chi connectivity index (χ0) is 24.5. The van der Waals surface area contributed by atoms with Crippen molar-refractivity contribution in [1.29, 1.82) is 0 Å². The van der Waals surface area contributed by atoms with Gasteiger partial charge in [-0.2, -0.15) is 5.10 Å². The van der Waals surface area contributed by atoms with Crippen LogP contribution in [0.5, 0.6) is 0 Å². The molecule has 0 saturated carbocycles. The maximum atomic E-state index is 15.3. The molecule has 2 aromatic heterocycles. The Labute approximate surface area is 195 Å². The van der Waals surface area contributed by atoms with Gasteiger partial charge in [0.25, 0.3) is 0 Å². The van der Waals surface area contributed by atoms with E-state index in [4.69, 9.17) is 9.47 Å². The second kappa shape index (κ2) is 8.93. The summed E-state index contributed by atoms with van der Waals surface area (Å²) in [5.41, 5.74) is 0.249. The predicted octanol–water partition coefficient (Wildman–Crippen LogP) is 5.42. The van der Waals surface area contributed by atoms with Crippen molar-refractivity contribution in [3.05, 3.63) is 78.5 Å². The van der Waals surface area contributed by atoms with E-state index in [0.717, 1.165) is 15.6 Å². The highest BCUT2D eigenvalue weighted by Gasteiger charge is 2.30. The average Bonchev–Trinajstić information content (AvgIpc) is 3.27. The fourth-order valence-electron chi connectivity index (χ4n) is 3.47. The number of amides is 1. The van der Waals surface area contributed by atoms with Crippen LogP contribution in [0.15, 0.2) is 67.0 Å². The zero-order valence-electron chi connectivity index (χ0n) is 19.2. The fourth-order valence-corrected chi connectivity index (χ4v) is 3.47. The van der Waals surface area contributed by atoms with Gasteiger partial charge in [-0.1, -0.05) is 24.3 Å². The first-order chi connectivity index (χ1) is 16.2. The number of esters is 1. The molecular weight excluding hydrogens is 439 g/mol. The summed E-state index contributed by atoms with van der Waals surface area (Å²) >= 11 is 0. The van der Waals surface area contributed by atoms with Gasteiger partial charge in [0.05, 0.1) is 36.4 Å². The van der Waals surface area contributed by atoms with E-state index in [1.165, 1.54) is 42.6 Å². The number of pyridine rings is 1. The van der Waals surface area contributed by atoms with Crippen LogP contribution in [0.3, 0.4) is 0 Å². The van der Waals surface area contributed by atoms with E-state index in [1.807, 2.05) is 24.3 Å². The molecule has 0 unspecified atom stereocenters. The number of benzene rings is 2. The van der Waals surface area contributed by atoms with Gasteiger partial charge < -0.3 is 9.47 Å². The van der Waals surface area contributed by atoms with Crippen molar-refractivity contribution in [2.24, 2.45) is 0 Å². The molecule has 0 fully saturated rings. The lowest BCUT2D eigenvalue weighted by atomic mass is 10.1. The van der Waals surface area contributed by atoms with Crippen molar-refractivity contribution >= 4 is 34.3 Å². The molecule has 4 rings (SSSR count). The first-order valence-corrected chi connectivity index (χ1v) is 10.5. The lowest BCUT2D eigenvalue weighted by Gasteiger charge is -2.29. The molecule has 1 amide bonds. The third-order valence-electron chi connectivity index (χ3n) is 4.87. The lowest BCUT2D eigenvalue weighted by Crippen LogP contribution is -2.34. The van der Waals surface area contributed by atoms with Crippen molar-refractivity contribution in [1.82, 2.24) is 14.8 Å². The minimum absolute atomic E-state index is 0.00498. The minimum atomic E-state index is -0.823. The van der Waals surface area contributed by atoms with Gasteiger partial charge in [0, 0.05) is 5.39 Å². The Morgan fingerprint density at radius 2 is 1.82 bits per heavy atom. The number of fused-ring (bicyclic) bond motifs is 1. The highest BCUT2D eigenvalue weighted by Crippen LogP contribution is 2.35.